The van der Waals surface area contributed by atoms with Crippen molar-refractivity contribution in [3.8, 4) is 11.4 Å². The van der Waals surface area contributed by atoms with Gasteiger partial charge in [-0.15, -0.1) is 15.0 Å². The molecular weight excluding hydrogens is 286 g/mol. The zero-order chi connectivity index (χ0) is 15.0. The Balaban J connectivity index is 2.16. The molecule has 1 heterocycles. The minimum Gasteiger partial charge on any atom is -0.505 e. The van der Waals surface area contributed by atoms with Gasteiger partial charge in [-0.1, -0.05) is 31.0 Å². The monoisotopic (exact) mass is 301 g/mol. The van der Waals surface area contributed by atoms with Crippen molar-refractivity contribution in [3.63, 3.8) is 0 Å². The van der Waals surface area contributed by atoms with Crippen molar-refractivity contribution in [2.24, 2.45) is 0 Å². The normalized spacial score (nSPS) is 11.2. The molecule has 0 spiro atoms. The number of aromatic nitrogens is 3. The summed E-state index contributed by atoms with van der Waals surface area (Å²) >= 11 is 5.97. The first-order valence-electron chi connectivity index (χ1n) is 6.94. The molecule has 21 heavy (non-hydrogen) atoms. The fraction of sp³-hybridized carbons (Fsp3) is 0.250. The lowest BCUT2D eigenvalue weighted by Crippen LogP contribution is -2.01. The first-order chi connectivity index (χ1) is 10.1. The molecule has 1 aromatic heterocycles. The Morgan fingerprint density at radius 2 is 1.90 bits per heavy atom. The molecule has 0 radical (unpaired) electrons. The third-order valence-corrected chi connectivity index (χ3v) is 3.67. The second-order valence-electron chi connectivity index (χ2n) is 5.15. The average Bonchev–Trinajstić information content (AvgIpc) is 2.85. The van der Waals surface area contributed by atoms with Gasteiger partial charge in [0.05, 0.1) is 0 Å². The summed E-state index contributed by atoms with van der Waals surface area (Å²) < 4.78 is 0. The highest BCUT2D eigenvalue weighted by Crippen LogP contribution is 2.28. The Morgan fingerprint density at radius 1 is 1.14 bits per heavy atom. The molecule has 0 fully saturated rings. The largest absolute Gasteiger partial charge is 0.505 e. The van der Waals surface area contributed by atoms with E-state index in [0.29, 0.717) is 16.2 Å². The number of rotatable bonds is 3. The molecule has 0 aliphatic heterocycles. The fourth-order valence-electron chi connectivity index (χ4n) is 2.42. The van der Waals surface area contributed by atoms with Gasteiger partial charge in [-0.3, -0.25) is 0 Å². The third-order valence-electron chi connectivity index (χ3n) is 3.44. The molecule has 0 saturated carbocycles. The van der Waals surface area contributed by atoms with Gasteiger partial charge >= 0.3 is 0 Å². The molecule has 3 aromatic rings. The topological polar surface area (TPSA) is 50.9 Å². The van der Waals surface area contributed by atoms with Crippen LogP contribution in [-0.4, -0.2) is 20.1 Å². The van der Waals surface area contributed by atoms with Crippen molar-refractivity contribution >= 4 is 22.6 Å². The SMILES string of the molecule is CCCc1cc(C)c(O)c(-n2nc3ccc(Cl)cc3n2)c1. The van der Waals surface area contributed by atoms with Crippen molar-refractivity contribution in [3.05, 3.63) is 46.5 Å². The van der Waals surface area contributed by atoms with Gasteiger partial charge in [0.2, 0.25) is 0 Å². The predicted octanol–water partition coefficient (Wildman–Crippen LogP) is 4.04. The lowest BCUT2D eigenvalue weighted by Gasteiger charge is -2.09. The highest BCUT2D eigenvalue weighted by molar-refractivity contribution is 6.31. The molecule has 0 aliphatic rings. The van der Waals surface area contributed by atoms with Gasteiger partial charge in [-0.2, -0.15) is 0 Å². The summed E-state index contributed by atoms with van der Waals surface area (Å²) in [5.41, 5.74) is 4.06. The summed E-state index contributed by atoms with van der Waals surface area (Å²) in [6, 6.07) is 9.30. The number of halogens is 1. The molecule has 0 bridgehead atoms. The smallest absolute Gasteiger partial charge is 0.146 e. The molecule has 0 amide bonds. The van der Waals surface area contributed by atoms with Crippen LogP contribution in [0.4, 0.5) is 0 Å². The standard InChI is InChI=1S/C16H16ClN3O/c1-3-4-11-7-10(2)16(21)15(8-11)20-18-13-6-5-12(17)9-14(13)19-20/h5-9,21H,3-4H2,1-2H3. The van der Waals surface area contributed by atoms with Gasteiger partial charge < -0.3 is 5.11 Å². The van der Waals surface area contributed by atoms with Crippen LogP contribution in [0.1, 0.15) is 24.5 Å². The van der Waals surface area contributed by atoms with E-state index in [1.807, 2.05) is 25.1 Å². The second-order valence-corrected chi connectivity index (χ2v) is 5.59. The molecule has 1 N–H and O–H groups in total. The van der Waals surface area contributed by atoms with Crippen LogP contribution < -0.4 is 0 Å². The van der Waals surface area contributed by atoms with Gasteiger partial charge in [0, 0.05) is 5.02 Å². The van der Waals surface area contributed by atoms with Gasteiger partial charge in [-0.05, 0) is 48.7 Å². The summed E-state index contributed by atoms with van der Waals surface area (Å²) in [6.45, 7) is 4.02. The van der Waals surface area contributed by atoms with Crippen LogP contribution in [0.2, 0.25) is 5.02 Å². The van der Waals surface area contributed by atoms with E-state index in [2.05, 4.69) is 17.1 Å². The van der Waals surface area contributed by atoms with Crippen molar-refractivity contribution < 1.29 is 5.11 Å². The number of fused-ring (bicyclic) bond motifs is 1. The number of benzene rings is 2. The van der Waals surface area contributed by atoms with Gasteiger partial charge in [0.25, 0.3) is 0 Å². The van der Waals surface area contributed by atoms with E-state index in [4.69, 9.17) is 11.6 Å². The van der Waals surface area contributed by atoms with E-state index >= 15 is 0 Å². The average molecular weight is 302 g/mol. The molecule has 0 unspecified atom stereocenters. The third kappa shape index (κ3) is 2.59. The van der Waals surface area contributed by atoms with Crippen LogP contribution in [0.15, 0.2) is 30.3 Å². The van der Waals surface area contributed by atoms with Crippen LogP contribution in [0.5, 0.6) is 5.75 Å². The number of aromatic hydroxyl groups is 1. The van der Waals surface area contributed by atoms with Crippen LogP contribution in [0, 0.1) is 6.92 Å². The molecular formula is C16H16ClN3O. The van der Waals surface area contributed by atoms with Crippen molar-refractivity contribution in [2.45, 2.75) is 26.7 Å². The van der Waals surface area contributed by atoms with E-state index < -0.39 is 0 Å². The summed E-state index contributed by atoms with van der Waals surface area (Å²) in [5.74, 6) is 0.209. The lowest BCUT2D eigenvalue weighted by atomic mass is 10.1. The molecule has 0 atom stereocenters. The highest BCUT2D eigenvalue weighted by Gasteiger charge is 2.12. The second kappa shape index (κ2) is 5.37. The summed E-state index contributed by atoms with van der Waals surface area (Å²) in [6.07, 6.45) is 2.01. The Labute approximate surface area is 128 Å². The van der Waals surface area contributed by atoms with Crippen molar-refractivity contribution in [2.75, 3.05) is 0 Å². The highest BCUT2D eigenvalue weighted by atomic mass is 35.5. The molecule has 5 heteroatoms. The Morgan fingerprint density at radius 3 is 2.67 bits per heavy atom. The Kier molecular flexibility index (Phi) is 3.55. The van der Waals surface area contributed by atoms with E-state index in [0.717, 1.165) is 23.9 Å². The molecule has 0 aliphatic carbocycles. The number of phenolic OH excluding ortho intramolecular Hbond substituents is 1. The number of hydrogen-bond donors (Lipinski definition) is 1. The Hall–Kier alpha value is -2.07. The van der Waals surface area contributed by atoms with Gasteiger partial charge in [0.15, 0.2) is 0 Å². The lowest BCUT2D eigenvalue weighted by molar-refractivity contribution is 0.463. The Bertz CT molecular complexity index is 811. The molecule has 108 valence electrons. The van der Waals surface area contributed by atoms with Crippen LogP contribution >= 0.6 is 11.6 Å². The summed E-state index contributed by atoms with van der Waals surface area (Å²) in [4.78, 5) is 1.47. The minimum atomic E-state index is 0.209. The van der Waals surface area contributed by atoms with E-state index in [-0.39, 0.29) is 5.75 Å². The van der Waals surface area contributed by atoms with Gasteiger partial charge in [0.1, 0.15) is 22.5 Å². The number of aryl methyl sites for hydroxylation is 2. The van der Waals surface area contributed by atoms with E-state index in [1.165, 1.54) is 10.4 Å². The van der Waals surface area contributed by atoms with Crippen LogP contribution in [-0.2, 0) is 6.42 Å². The first-order valence-corrected chi connectivity index (χ1v) is 7.31. The molecule has 3 rings (SSSR count). The quantitative estimate of drug-likeness (QED) is 0.794. The fourth-order valence-corrected chi connectivity index (χ4v) is 2.58. The minimum absolute atomic E-state index is 0.209. The molecule has 4 nitrogen and oxygen atoms in total. The van der Waals surface area contributed by atoms with Gasteiger partial charge in [-0.25, -0.2) is 0 Å². The predicted molar refractivity (Wildman–Crippen MR) is 84.3 cm³/mol. The van der Waals surface area contributed by atoms with Crippen molar-refractivity contribution in [1.82, 2.24) is 15.0 Å². The zero-order valence-electron chi connectivity index (χ0n) is 12.0. The number of phenols is 1. The maximum Gasteiger partial charge on any atom is 0.146 e. The zero-order valence-corrected chi connectivity index (χ0v) is 12.7. The first kappa shape index (κ1) is 13.9. The maximum absolute atomic E-state index is 10.3. The van der Waals surface area contributed by atoms with E-state index in [9.17, 15) is 5.11 Å². The van der Waals surface area contributed by atoms with Crippen LogP contribution in [0.3, 0.4) is 0 Å². The number of hydrogen-bond acceptors (Lipinski definition) is 3. The van der Waals surface area contributed by atoms with E-state index in [1.54, 1.807) is 12.1 Å². The maximum atomic E-state index is 10.3. The number of nitrogens with zero attached hydrogens (tertiary/aromatic N) is 3. The molecule has 0 saturated heterocycles. The summed E-state index contributed by atoms with van der Waals surface area (Å²) in [7, 11) is 0. The van der Waals surface area contributed by atoms with Crippen molar-refractivity contribution in [1.29, 1.82) is 0 Å². The summed E-state index contributed by atoms with van der Waals surface area (Å²) in [5, 5.41) is 19.7. The molecule has 2 aromatic carbocycles. The van der Waals surface area contributed by atoms with Crippen LogP contribution in [0.25, 0.3) is 16.7 Å².